The van der Waals surface area contributed by atoms with Crippen LogP contribution in [0.2, 0.25) is 0 Å². The van der Waals surface area contributed by atoms with Crippen LogP contribution in [0.1, 0.15) is 46.5 Å². The maximum absolute atomic E-state index is 5.79. The molecule has 1 fully saturated rings. The summed E-state index contributed by atoms with van der Waals surface area (Å²) in [6, 6.07) is 6.73. The van der Waals surface area contributed by atoms with Gasteiger partial charge in [0.1, 0.15) is 0 Å². The number of hydrogen-bond acceptors (Lipinski definition) is 3. The first kappa shape index (κ1) is 12.6. The van der Waals surface area contributed by atoms with E-state index in [0.29, 0.717) is 6.04 Å². The van der Waals surface area contributed by atoms with E-state index in [1.54, 1.807) is 0 Å². The minimum Gasteiger partial charge on any atom is -0.449 e. The Hall–Kier alpha value is -1.38. The lowest BCUT2D eigenvalue weighted by Gasteiger charge is -2.30. The van der Waals surface area contributed by atoms with Crippen LogP contribution in [0, 0.1) is 5.92 Å². The van der Waals surface area contributed by atoms with E-state index in [0.717, 1.165) is 23.1 Å². The zero-order valence-corrected chi connectivity index (χ0v) is 12.0. The van der Waals surface area contributed by atoms with E-state index in [4.69, 9.17) is 9.47 Å². The van der Waals surface area contributed by atoms with Crippen molar-refractivity contribution >= 4 is 5.69 Å². The maximum atomic E-state index is 5.79. The van der Waals surface area contributed by atoms with Crippen LogP contribution in [0.5, 0.6) is 11.5 Å². The van der Waals surface area contributed by atoms with Crippen molar-refractivity contribution in [1.29, 1.82) is 0 Å². The Bertz CT molecular complexity index is 470. The third-order valence-corrected chi connectivity index (χ3v) is 4.12. The SMILES string of the molecule is CC1CCCCC1Nc1ccc2c(c1)OC(C)(C)O2. The molecule has 0 spiro atoms. The van der Waals surface area contributed by atoms with Crippen LogP contribution in [-0.2, 0) is 0 Å². The Morgan fingerprint density at radius 2 is 1.84 bits per heavy atom. The first-order chi connectivity index (χ1) is 9.03. The molecule has 1 heterocycles. The first-order valence-corrected chi connectivity index (χ1v) is 7.32. The van der Waals surface area contributed by atoms with Crippen molar-refractivity contribution in [2.75, 3.05) is 5.32 Å². The second-order valence-corrected chi connectivity index (χ2v) is 6.28. The van der Waals surface area contributed by atoms with Crippen molar-refractivity contribution in [2.24, 2.45) is 5.92 Å². The van der Waals surface area contributed by atoms with Gasteiger partial charge in [0, 0.05) is 31.6 Å². The summed E-state index contributed by atoms with van der Waals surface area (Å²) < 4.78 is 11.5. The smallest absolute Gasteiger partial charge is 0.246 e. The van der Waals surface area contributed by atoms with Gasteiger partial charge in [0.15, 0.2) is 11.5 Å². The van der Waals surface area contributed by atoms with E-state index in [9.17, 15) is 0 Å². The molecule has 0 bridgehead atoms. The summed E-state index contributed by atoms with van der Waals surface area (Å²) in [7, 11) is 0. The molecule has 1 saturated carbocycles. The molecule has 1 aromatic carbocycles. The van der Waals surface area contributed by atoms with Crippen molar-refractivity contribution in [3.05, 3.63) is 18.2 Å². The summed E-state index contributed by atoms with van der Waals surface area (Å²) in [6.07, 6.45) is 5.30. The van der Waals surface area contributed by atoms with Crippen LogP contribution in [-0.4, -0.2) is 11.8 Å². The molecule has 104 valence electrons. The molecule has 0 radical (unpaired) electrons. The molecule has 3 nitrogen and oxygen atoms in total. The molecule has 3 heteroatoms. The zero-order chi connectivity index (χ0) is 13.5. The number of nitrogens with one attached hydrogen (secondary N) is 1. The highest BCUT2D eigenvalue weighted by Gasteiger charge is 2.32. The minimum absolute atomic E-state index is 0.543. The molecular formula is C16H23NO2. The highest BCUT2D eigenvalue weighted by Crippen LogP contribution is 2.41. The van der Waals surface area contributed by atoms with Crippen molar-refractivity contribution in [3.8, 4) is 11.5 Å². The Balaban J connectivity index is 1.73. The van der Waals surface area contributed by atoms with Gasteiger partial charge in [-0.15, -0.1) is 0 Å². The molecular weight excluding hydrogens is 238 g/mol. The summed E-state index contributed by atoms with van der Waals surface area (Å²) in [5.41, 5.74) is 1.14. The lowest BCUT2D eigenvalue weighted by molar-refractivity contribution is -0.0431. The molecule has 1 N–H and O–H groups in total. The van der Waals surface area contributed by atoms with Gasteiger partial charge in [-0.25, -0.2) is 0 Å². The first-order valence-electron chi connectivity index (χ1n) is 7.32. The highest BCUT2D eigenvalue weighted by molar-refractivity contribution is 5.56. The number of hydrogen-bond donors (Lipinski definition) is 1. The second kappa shape index (κ2) is 4.62. The minimum atomic E-state index is -0.543. The second-order valence-electron chi connectivity index (χ2n) is 6.28. The molecule has 0 amide bonds. The molecule has 0 saturated heterocycles. The number of rotatable bonds is 2. The summed E-state index contributed by atoms with van der Waals surface area (Å²) >= 11 is 0. The lowest BCUT2D eigenvalue weighted by Crippen LogP contribution is -2.30. The van der Waals surface area contributed by atoms with Gasteiger partial charge in [-0.2, -0.15) is 0 Å². The van der Waals surface area contributed by atoms with Gasteiger partial charge < -0.3 is 14.8 Å². The zero-order valence-electron chi connectivity index (χ0n) is 12.0. The van der Waals surface area contributed by atoms with Crippen molar-refractivity contribution < 1.29 is 9.47 Å². The van der Waals surface area contributed by atoms with Crippen molar-refractivity contribution in [2.45, 2.75) is 58.3 Å². The standard InChI is InChI=1S/C16H23NO2/c1-11-6-4-5-7-13(11)17-12-8-9-14-15(10-12)19-16(2,3)18-14/h8-11,13,17H,4-7H2,1-3H3. The molecule has 2 aliphatic rings. The van der Waals surface area contributed by atoms with E-state index in [1.165, 1.54) is 25.7 Å². The third kappa shape index (κ3) is 2.65. The number of ether oxygens (including phenoxy) is 2. The molecule has 3 rings (SSSR count). The molecule has 19 heavy (non-hydrogen) atoms. The van der Waals surface area contributed by atoms with Gasteiger partial charge >= 0.3 is 0 Å². The van der Waals surface area contributed by atoms with E-state index in [2.05, 4.69) is 24.4 Å². The Morgan fingerprint density at radius 1 is 1.11 bits per heavy atom. The lowest BCUT2D eigenvalue weighted by atomic mass is 9.86. The Labute approximate surface area is 115 Å². The van der Waals surface area contributed by atoms with Gasteiger partial charge in [-0.1, -0.05) is 19.8 Å². The molecule has 1 aliphatic carbocycles. The predicted molar refractivity (Wildman–Crippen MR) is 76.8 cm³/mol. The van der Waals surface area contributed by atoms with E-state index >= 15 is 0 Å². The van der Waals surface area contributed by atoms with Gasteiger partial charge in [0.2, 0.25) is 5.79 Å². The maximum Gasteiger partial charge on any atom is 0.246 e. The summed E-state index contributed by atoms with van der Waals surface area (Å²) in [5, 5.41) is 3.65. The Morgan fingerprint density at radius 3 is 2.63 bits per heavy atom. The fraction of sp³-hybridized carbons (Fsp3) is 0.625. The molecule has 2 atom stereocenters. The van der Waals surface area contributed by atoms with Gasteiger partial charge in [0.25, 0.3) is 0 Å². The number of fused-ring (bicyclic) bond motifs is 1. The van der Waals surface area contributed by atoms with Crippen LogP contribution in [0.15, 0.2) is 18.2 Å². The molecule has 0 aromatic heterocycles. The quantitative estimate of drug-likeness (QED) is 0.866. The Kier molecular flexibility index (Phi) is 3.08. The van der Waals surface area contributed by atoms with Gasteiger partial charge in [0.05, 0.1) is 0 Å². The summed E-state index contributed by atoms with van der Waals surface area (Å²) in [6.45, 7) is 6.21. The van der Waals surface area contributed by atoms with Gasteiger partial charge in [-0.3, -0.25) is 0 Å². The normalized spacial score (nSPS) is 28.2. The summed E-state index contributed by atoms with van der Waals surface area (Å²) in [5.74, 6) is 1.89. The molecule has 1 aliphatic heterocycles. The van der Waals surface area contributed by atoms with Gasteiger partial charge in [-0.05, 0) is 30.9 Å². The van der Waals surface area contributed by atoms with Crippen molar-refractivity contribution in [1.82, 2.24) is 0 Å². The fourth-order valence-electron chi connectivity index (χ4n) is 3.06. The molecule has 2 unspecified atom stereocenters. The number of anilines is 1. The van der Waals surface area contributed by atoms with Crippen molar-refractivity contribution in [3.63, 3.8) is 0 Å². The average Bonchev–Trinajstić information content (AvgIpc) is 2.65. The largest absolute Gasteiger partial charge is 0.449 e. The monoisotopic (exact) mass is 261 g/mol. The van der Waals surface area contributed by atoms with Crippen LogP contribution in [0.25, 0.3) is 0 Å². The molecule has 1 aromatic rings. The highest BCUT2D eigenvalue weighted by atomic mass is 16.7. The van der Waals surface area contributed by atoms with E-state index < -0.39 is 5.79 Å². The summed E-state index contributed by atoms with van der Waals surface area (Å²) in [4.78, 5) is 0. The topological polar surface area (TPSA) is 30.5 Å². The average molecular weight is 261 g/mol. The third-order valence-electron chi connectivity index (χ3n) is 4.12. The van der Waals surface area contributed by atoms with E-state index in [1.807, 2.05) is 19.9 Å². The predicted octanol–water partition coefficient (Wildman–Crippen LogP) is 4.18. The van der Waals surface area contributed by atoms with Crippen LogP contribution in [0.4, 0.5) is 5.69 Å². The van der Waals surface area contributed by atoms with Crippen LogP contribution >= 0.6 is 0 Å². The van der Waals surface area contributed by atoms with Crippen LogP contribution < -0.4 is 14.8 Å². The van der Waals surface area contributed by atoms with E-state index in [-0.39, 0.29) is 0 Å². The fourth-order valence-corrected chi connectivity index (χ4v) is 3.06. The number of benzene rings is 1. The van der Waals surface area contributed by atoms with Crippen LogP contribution in [0.3, 0.4) is 0 Å².